The van der Waals surface area contributed by atoms with E-state index in [1.165, 1.54) is 0 Å². The minimum atomic E-state index is -0.954. The molecule has 1 rings (SSSR count). The molecule has 16 heavy (non-hydrogen) atoms. The maximum Gasteiger partial charge on any atom is 0.326 e. The third-order valence-corrected chi connectivity index (χ3v) is 3.10. The molecule has 0 radical (unpaired) electrons. The van der Waals surface area contributed by atoms with E-state index in [1.807, 2.05) is 13.8 Å². The maximum absolute atomic E-state index is 11.9. The van der Waals surface area contributed by atoms with E-state index in [9.17, 15) is 9.59 Å². The summed E-state index contributed by atoms with van der Waals surface area (Å²) < 4.78 is 0. The van der Waals surface area contributed by atoms with Crippen molar-refractivity contribution in [1.82, 2.24) is 10.6 Å². The number of rotatable bonds is 5. The summed E-state index contributed by atoms with van der Waals surface area (Å²) in [4.78, 5) is 22.9. The van der Waals surface area contributed by atoms with Crippen LogP contribution in [0, 0.1) is 5.41 Å². The van der Waals surface area contributed by atoms with Crippen molar-refractivity contribution in [3.8, 4) is 0 Å². The van der Waals surface area contributed by atoms with Gasteiger partial charge in [-0.3, -0.25) is 4.79 Å². The number of carbonyl (C=O) groups is 2. The molecule has 5 heteroatoms. The SMILES string of the molecule is CCC[C@@H](NC(=O)C1(C)CCNC1)C(=O)O. The second kappa shape index (κ2) is 5.30. The Kier molecular flexibility index (Phi) is 4.29. The minimum Gasteiger partial charge on any atom is -0.480 e. The van der Waals surface area contributed by atoms with Crippen molar-refractivity contribution in [1.29, 1.82) is 0 Å². The molecule has 1 unspecified atom stereocenters. The number of aliphatic carboxylic acids is 1. The summed E-state index contributed by atoms with van der Waals surface area (Å²) in [5, 5.41) is 14.7. The molecule has 0 aromatic heterocycles. The van der Waals surface area contributed by atoms with Crippen LogP contribution in [0.15, 0.2) is 0 Å². The molecular weight excluding hydrogens is 208 g/mol. The van der Waals surface area contributed by atoms with Crippen LogP contribution in [0.4, 0.5) is 0 Å². The van der Waals surface area contributed by atoms with Gasteiger partial charge in [0.15, 0.2) is 0 Å². The Hall–Kier alpha value is -1.10. The predicted molar refractivity (Wildman–Crippen MR) is 60.1 cm³/mol. The van der Waals surface area contributed by atoms with Crippen LogP contribution in [0.2, 0.25) is 0 Å². The van der Waals surface area contributed by atoms with Crippen molar-refractivity contribution in [2.24, 2.45) is 5.41 Å². The summed E-state index contributed by atoms with van der Waals surface area (Å²) in [5.41, 5.74) is -0.457. The average molecular weight is 228 g/mol. The molecule has 0 aromatic carbocycles. The third-order valence-electron chi connectivity index (χ3n) is 3.10. The van der Waals surface area contributed by atoms with Crippen molar-refractivity contribution in [3.63, 3.8) is 0 Å². The summed E-state index contributed by atoms with van der Waals surface area (Å²) in [6, 6.07) is -0.755. The van der Waals surface area contributed by atoms with Gasteiger partial charge in [0, 0.05) is 6.54 Å². The minimum absolute atomic E-state index is 0.154. The summed E-state index contributed by atoms with van der Waals surface area (Å²) in [7, 11) is 0. The Morgan fingerprint density at radius 2 is 2.25 bits per heavy atom. The quantitative estimate of drug-likeness (QED) is 0.634. The third kappa shape index (κ3) is 2.95. The topological polar surface area (TPSA) is 78.4 Å². The predicted octanol–water partition coefficient (Wildman–Crippen LogP) is 0.356. The van der Waals surface area contributed by atoms with E-state index in [1.54, 1.807) is 0 Å². The molecular formula is C11H20N2O3. The highest BCUT2D eigenvalue weighted by Gasteiger charge is 2.37. The normalized spacial score (nSPS) is 26.4. The lowest BCUT2D eigenvalue weighted by molar-refractivity contribution is -0.143. The van der Waals surface area contributed by atoms with Gasteiger partial charge >= 0.3 is 5.97 Å². The average Bonchev–Trinajstić information content (AvgIpc) is 2.65. The van der Waals surface area contributed by atoms with E-state index in [-0.39, 0.29) is 5.91 Å². The van der Waals surface area contributed by atoms with Gasteiger partial charge < -0.3 is 15.7 Å². The fourth-order valence-electron chi connectivity index (χ4n) is 1.89. The molecule has 0 aliphatic carbocycles. The Morgan fingerprint density at radius 3 is 2.69 bits per heavy atom. The molecule has 3 N–H and O–H groups in total. The van der Waals surface area contributed by atoms with E-state index < -0.39 is 17.4 Å². The first-order chi connectivity index (χ1) is 7.49. The zero-order valence-corrected chi connectivity index (χ0v) is 9.88. The van der Waals surface area contributed by atoms with E-state index in [0.717, 1.165) is 19.4 Å². The lowest BCUT2D eigenvalue weighted by Gasteiger charge is -2.24. The summed E-state index contributed by atoms with van der Waals surface area (Å²) in [5.74, 6) is -1.11. The molecule has 1 amide bonds. The second-order valence-corrected chi connectivity index (χ2v) is 4.64. The molecule has 92 valence electrons. The van der Waals surface area contributed by atoms with Crippen LogP contribution in [0.3, 0.4) is 0 Å². The monoisotopic (exact) mass is 228 g/mol. The van der Waals surface area contributed by atoms with E-state index in [0.29, 0.717) is 13.0 Å². The van der Waals surface area contributed by atoms with E-state index in [2.05, 4.69) is 10.6 Å². The summed E-state index contributed by atoms with van der Waals surface area (Å²) in [6.07, 6.45) is 1.98. The number of hydrogen-bond donors (Lipinski definition) is 3. The summed E-state index contributed by atoms with van der Waals surface area (Å²) >= 11 is 0. The number of amides is 1. The van der Waals surface area contributed by atoms with Gasteiger partial charge in [0.05, 0.1) is 5.41 Å². The Morgan fingerprint density at radius 1 is 1.56 bits per heavy atom. The molecule has 1 fully saturated rings. The van der Waals surface area contributed by atoms with Crippen LogP contribution in [-0.2, 0) is 9.59 Å². The van der Waals surface area contributed by atoms with Gasteiger partial charge in [-0.05, 0) is 26.3 Å². The van der Waals surface area contributed by atoms with Gasteiger partial charge in [-0.1, -0.05) is 13.3 Å². The van der Waals surface area contributed by atoms with Crippen LogP contribution in [0.5, 0.6) is 0 Å². The molecule has 0 saturated carbocycles. The van der Waals surface area contributed by atoms with Crippen molar-refractivity contribution < 1.29 is 14.7 Å². The largest absolute Gasteiger partial charge is 0.480 e. The fourth-order valence-corrected chi connectivity index (χ4v) is 1.89. The number of hydrogen-bond acceptors (Lipinski definition) is 3. The first-order valence-corrected chi connectivity index (χ1v) is 5.74. The number of carboxylic acid groups (broad SMARTS) is 1. The Balaban J connectivity index is 2.57. The Bertz CT molecular complexity index is 272. The summed E-state index contributed by atoms with van der Waals surface area (Å²) in [6.45, 7) is 5.21. The van der Waals surface area contributed by atoms with Crippen molar-refractivity contribution in [2.45, 2.75) is 39.2 Å². The molecule has 0 spiro atoms. The van der Waals surface area contributed by atoms with Gasteiger partial charge in [-0.2, -0.15) is 0 Å². The van der Waals surface area contributed by atoms with E-state index in [4.69, 9.17) is 5.11 Å². The lowest BCUT2D eigenvalue weighted by atomic mass is 9.88. The molecule has 5 nitrogen and oxygen atoms in total. The highest BCUT2D eigenvalue weighted by atomic mass is 16.4. The molecule has 1 aliphatic heterocycles. The van der Waals surface area contributed by atoms with Crippen LogP contribution in [0.1, 0.15) is 33.1 Å². The molecule has 1 saturated heterocycles. The van der Waals surface area contributed by atoms with Gasteiger partial charge in [-0.15, -0.1) is 0 Å². The van der Waals surface area contributed by atoms with Crippen LogP contribution in [0.25, 0.3) is 0 Å². The van der Waals surface area contributed by atoms with Crippen LogP contribution >= 0.6 is 0 Å². The van der Waals surface area contributed by atoms with Gasteiger partial charge in [0.1, 0.15) is 6.04 Å². The highest BCUT2D eigenvalue weighted by Crippen LogP contribution is 2.24. The maximum atomic E-state index is 11.9. The molecule has 2 atom stereocenters. The number of nitrogens with one attached hydrogen (secondary N) is 2. The van der Waals surface area contributed by atoms with Crippen LogP contribution < -0.4 is 10.6 Å². The van der Waals surface area contributed by atoms with Crippen molar-refractivity contribution >= 4 is 11.9 Å². The van der Waals surface area contributed by atoms with Crippen molar-refractivity contribution in [3.05, 3.63) is 0 Å². The van der Waals surface area contributed by atoms with Crippen LogP contribution in [-0.4, -0.2) is 36.1 Å². The highest BCUT2D eigenvalue weighted by molar-refractivity contribution is 5.87. The van der Waals surface area contributed by atoms with Gasteiger partial charge in [-0.25, -0.2) is 4.79 Å². The second-order valence-electron chi connectivity index (χ2n) is 4.64. The number of carbonyl (C=O) groups excluding carboxylic acids is 1. The number of carboxylic acids is 1. The zero-order valence-electron chi connectivity index (χ0n) is 9.88. The smallest absolute Gasteiger partial charge is 0.326 e. The van der Waals surface area contributed by atoms with Crippen molar-refractivity contribution in [2.75, 3.05) is 13.1 Å². The first kappa shape index (κ1) is 13.0. The molecule has 0 aromatic rings. The fraction of sp³-hybridized carbons (Fsp3) is 0.818. The zero-order chi connectivity index (χ0) is 12.2. The van der Waals surface area contributed by atoms with Gasteiger partial charge in [0.25, 0.3) is 0 Å². The Labute approximate surface area is 95.6 Å². The lowest BCUT2D eigenvalue weighted by Crippen LogP contribution is -2.48. The van der Waals surface area contributed by atoms with E-state index >= 15 is 0 Å². The first-order valence-electron chi connectivity index (χ1n) is 5.74. The standard InChI is InChI=1S/C11H20N2O3/c1-3-4-8(9(14)15)13-10(16)11(2)5-6-12-7-11/h8,12H,3-7H2,1-2H3,(H,13,16)(H,14,15)/t8-,11?/m1/s1. The molecule has 1 heterocycles. The van der Waals surface area contributed by atoms with Gasteiger partial charge in [0.2, 0.25) is 5.91 Å². The molecule has 0 bridgehead atoms. The molecule has 1 aliphatic rings.